The average Bonchev–Trinajstić information content (AvgIpc) is 2.77. The van der Waals surface area contributed by atoms with Crippen molar-refractivity contribution in [2.75, 3.05) is 57.2 Å². The maximum atomic E-state index is 13.3. The van der Waals surface area contributed by atoms with E-state index in [4.69, 9.17) is 0 Å². The van der Waals surface area contributed by atoms with Gasteiger partial charge in [-0.05, 0) is 50.3 Å². The highest BCUT2D eigenvalue weighted by Gasteiger charge is 2.27. The lowest BCUT2D eigenvalue weighted by Gasteiger charge is -2.32. The Morgan fingerprint density at radius 1 is 1.06 bits per heavy atom. The fourth-order valence-corrected chi connectivity index (χ4v) is 5.28. The van der Waals surface area contributed by atoms with Crippen molar-refractivity contribution in [2.45, 2.75) is 11.3 Å². The Morgan fingerprint density at radius 3 is 2.45 bits per heavy atom. The van der Waals surface area contributed by atoms with Crippen molar-refractivity contribution in [1.29, 1.82) is 0 Å². The van der Waals surface area contributed by atoms with Crippen molar-refractivity contribution in [3.63, 3.8) is 0 Å². The molecule has 1 fully saturated rings. The van der Waals surface area contributed by atoms with Gasteiger partial charge < -0.3 is 15.1 Å². The molecule has 0 spiro atoms. The Bertz CT molecular complexity index is 964. The van der Waals surface area contributed by atoms with E-state index in [1.54, 1.807) is 36.4 Å². The number of hydrogen-bond donors (Lipinski definition) is 1. The Kier molecular flexibility index (Phi) is 8.48. The summed E-state index contributed by atoms with van der Waals surface area (Å²) in [7, 11) is -1.76. The van der Waals surface area contributed by atoms with E-state index >= 15 is 0 Å². The smallest absolute Gasteiger partial charge is 0.264 e. The molecule has 1 N–H and O–H groups in total. The lowest BCUT2D eigenvalue weighted by atomic mass is 10.3. The van der Waals surface area contributed by atoms with Crippen molar-refractivity contribution in [2.24, 2.45) is 0 Å². The third kappa shape index (κ3) is 6.77. The van der Waals surface area contributed by atoms with Gasteiger partial charge in [-0.1, -0.05) is 40.2 Å². The normalized spacial score (nSPS) is 15.5. The summed E-state index contributed by atoms with van der Waals surface area (Å²) in [4.78, 5) is 17.5. The lowest BCUT2D eigenvalue weighted by molar-refractivity contribution is -0.119. The maximum Gasteiger partial charge on any atom is 0.264 e. The summed E-state index contributed by atoms with van der Waals surface area (Å²) >= 11 is 3.38. The van der Waals surface area contributed by atoms with Gasteiger partial charge in [-0.25, -0.2) is 8.42 Å². The van der Waals surface area contributed by atoms with Crippen LogP contribution in [0.2, 0.25) is 0 Å². The molecular weight excluding hydrogens is 480 g/mol. The highest BCUT2D eigenvalue weighted by Crippen LogP contribution is 2.26. The first-order valence-corrected chi connectivity index (χ1v) is 12.6. The highest BCUT2D eigenvalue weighted by atomic mass is 79.9. The van der Waals surface area contributed by atoms with Crippen LogP contribution in [0, 0.1) is 0 Å². The summed E-state index contributed by atoms with van der Waals surface area (Å²) < 4.78 is 28.4. The van der Waals surface area contributed by atoms with Gasteiger partial charge in [0.1, 0.15) is 6.54 Å². The van der Waals surface area contributed by atoms with E-state index in [1.807, 2.05) is 6.07 Å². The summed E-state index contributed by atoms with van der Waals surface area (Å²) in [5.41, 5.74) is 0.436. The molecule has 0 aliphatic carbocycles. The van der Waals surface area contributed by atoms with Crippen LogP contribution in [0.4, 0.5) is 5.69 Å². The molecule has 0 unspecified atom stereocenters. The molecule has 7 nitrogen and oxygen atoms in total. The summed E-state index contributed by atoms with van der Waals surface area (Å²) in [6.07, 6.45) is 0.831. The van der Waals surface area contributed by atoms with Gasteiger partial charge in [0.25, 0.3) is 10.0 Å². The molecule has 0 radical (unpaired) electrons. The standard InChI is InChI=1S/C22H29BrN4O3S/c1-25-13-15-26(16-14-25)12-6-11-24-22(28)18-27(20-8-5-7-19(23)17-20)31(29,30)21-9-3-2-4-10-21/h2-5,7-10,17H,6,11-16,18H2,1H3,(H,24,28). The quantitative estimate of drug-likeness (QED) is 0.526. The highest BCUT2D eigenvalue weighted by molar-refractivity contribution is 9.10. The minimum absolute atomic E-state index is 0.151. The first-order chi connectivity index (χ1) is 14.9. The number of nitrogens with one attached hydrogen (secondary N) is 1. The van der Waals surface area contributed by atoms with Crippen molar-refractivity contribution in [3.05, 3.63) is 59.1 Å². The molecule has 0 saturated carbocycles. The number of rotatable bonds is 9. The first kappa shape index (κ1) is 23.7. The SMILES string of the molecule is CN1CCN(CCCNC(=O)CN(c2cccc(Br)c2)S(=O)(=O)c2ccccc2)CC1. The number of nitrogens with zero attached hydrogens (tertiary/aromatic N) is 3. The van der Waals surface area contributed by atoms with Crippen molar-refractivity contribution >= 4 is 37.5 Å². The molecule has 2 aromatic carbocycles. The predicted octanol–water partition coefficient (Wildman–Crippen LogP) is 2.40. The van der Waals surface area contributed by atoms with Crippen LogP contribution in [0.5, 0.6) is 0 Å². The van der Waals surface area contributed by atoms with Crippen molar-refractivity contribution in [1.82, 2.24) is 15.1 Å². The molecule has 1 amide bonds. The van der Waals surface area contributed by atoms with Gasteiger partial charge in [-0.3, -0.25) is 9.10 Å². The fourth-order valence-electron chi connectivity index (χ4n) is 3.45. The molecule has 3 rings (SSSR count). The second kappa shape index (κ2) is 11.1. The van der Waals surface area contributed by atoms with Gasteiger partial charge in [-0.2, -0.15) is 0 Å². The van der Waals surface area contributed by atoms with E-state index in [1.165, 1.54) is 12.1 Å². The number of benzene rings is 2. The van der Waals surface area contributed by atoms with Crippen molar-refractivity contribution < 1.29 is 13.2 Å². The molecular formula is C22H29BrN4O3S. The van der Waals surface area contributed by atoms with E-state index in [-0.39, 0.29) is 17.3 Å². The molecule has 168 valence electrons. The van der Waals surface area contributed by atoms with E-state index in [0.29, 0.717) is 12.2 Å². The van der Waals surface area contributed by atoms with E-state index < -0.39 is 10.0 Å². The van der Waals surface area contributed by atoms with Crippen LogP contribution in [0.25, 0.3) is 0 Å². The second-order valence-electron chi connectivity index (χ2n) is 7.65. The zero-order chi connectivity index (χ0) is 22.3. The number of likely N-dealkylation sites (N-methyl/N-ethyl adjacent to an activating group) is 1. The predicted molar refractivity (Wildman–Crippen MR) is 127 cm³/mol. The minimum atomic E-state index is -3.88. The van der Waals surface area contributed by atoms with Gasteiger partial charge >= 0.3 is 0 Å². The molecule has 1 saturated heterocycles. The van der Waals surface area contributed by atoms with Gasteiger partial charge in [0.2, 0.25) is 5.91 Å². The molecule has 1 heterocycles. The molecule has 1 aliphatic heterocycles. The number of amides is 1. The zero-order valence-electron chi connectivity index (χ0n) is 17.7. The topological polar surface area (TPSA) is 73.0 Å². The average molecular weight is 509 g/mol. The summed E-state index contributed by atoms with van der Waals surface area (Å²) in [6, 6.07) is 15.1. The molecule has 31 heavy (non-hydrogen) atoms. The number of carbonyl (C=O) groups is 1. The monoisotopic (exact) mass is 508 g/mol. The Morgan fingerprint density at radius 2 is 1.77 bits per heavy atom. The largest absolute Gasteiger partial charge is 0.354 e. The van der Waals surface area contributed by atoms with Gasteiger partial charge in [0.05, 0.1) is 10.6 Å². The van der Waals surface area contributed by atoms with E-state index in [2.05, 4.69) is 38.1 Å². The van der Waals surface area contributed by atoms with Crippen LogP contribution in [-0.2, 0) is 14.8 Å². The number of carbonyl (C=O) groups excluding carboxylic acids is 1. The van der Waals surface area contributed by atoms with Crippen LogP contribution >= 0.6 is 15.9 Å². The Hall–Kier alpha value is -1.94. The first-order valence-electron chi connectivity index (χ1n) is 10.4. The van der Waals surface area contributed by atoms with Crippen LogP contribution in [0.3, 0.4) is 0 Å². The minimum Gasteiger partial charge on any atom is -0.354 e. The molecule has 2 aromatic rings. The zero-order valence-corrected chi connectivity index (χ0v) is 20.1. The van der Waals surface area contributed by atoms with Gasteiger partial charge in [0.15, 0.2) is 0 Å². The van der Waals surface area contributed by atoms with Crippen molar-refractivity contribution in [3.8, 4) is 0 Å². The van der Waals surface area contributed by atoms with E-state index in [0.717, 1.165) is 47.9 Å². The molecule has 0 aromatic heterocycles. The Labute approximate surface area is 193 Å². The van der Waals surface area contributed by atoms with Crippen LogP contribution in [-0.4, -0.2) is 77.0 Å². The number of piperazine rings is 1. The van der Waals surface area contributed by atoms with Gasteiger partial charge in [-0.15, -0.1) is 0 Å². The number of hydrogen-bond acceptors (Lipinski definition) is 5. The summed E-state index contributed by atoms with van der Waals surface area (Å²) in [5.74, 6) is -0.321. The van der Waals surface area contributed by atoms with Crippen LogP contribution in [0.1, 0.15) is 6.42 Å². The maximum absolute atomic E-state index is 13.3. The van der Waals surface area contributed by atoms with Crippen LogP contribution in [0.15, 0.2) is 64.0 Å². The third-order valence-electron chi connectivity index (χ3n) is 5.28. The molecule has 0 bridgehead atoms. The van der Waals surface area contributed by atoms with E-state index in [9.17, 15) is 13.2 Å². The molecule has 1 aliphatic rings. The second-order valence-corrected chi connectivity index (χ2v) is 10.4. The lowest BCUT2D eigenvalue weighted by Crippen LogP contribution is -2.45. The summed E-state index contributed by atoms with van der Waals surface area (Å²) in [5, 5.41) is 2.88. The Balaban J connectivity index is 1.63. The fraction of sp³-hybridized carbons (Fsp3) is 0.409. The molecule has 0 atom stereocenters. The number of sulfonamides is 1. The number of halogens is 1. The third-order valence-corrected chi connectivity index (χ3v) is 7.57. The van der Waals surface area contributed by atoms with Crippen LogP contribution < -0.4 is 9.62 Å². The number of anilines is 1. The van der Waals surface area contributed by atoms with Gasteiger partial charge in [0, 0.05) is 37.2 Å². The molecule has 9 heteroatoms. The summed E-state index contributed by atoms with van der Waals surface area (Å²) in [6.45, 7) is 5.36.